The molecule has 2 aromatic rings. The summed E-state index contributed by atoms with van der Waals surface area (Å²) in [6, 6.07) is 14.9. The van der Waals surface area contributed by atoms with Crippen LogP contribution in [0, 0.1) is 13.8 Å². The zero-order valence-corrected chi connectivity index (χ0v) is 14.4. The summed E-state index contributed by atoms with van der Waals surface area (Å²) in [5.41, 5.74) is 14.3. The van der Waals surface area contributed by atoms with E-state index in [9.17, 15) is 0 Å². The van der Waals surface area contributed by atoms with Crippen LogP contribution >= 0.6 is 0 Å². The molecule has 0 amide bonds. The molecule has 0 N–H and O–H groups in total. The summed E-state index contributed by atoms with van der Waals surface area (Å²) in [5.74, 6) is -0.00926. The Morgan fingerprint density at radius 1 is 1.21 bits per heavy atom. The van der Waals surface area contributed by atoms with E-state index in [1.807, 2.05) is 13.0 Å². The molecule has 0 aromatic heterocycles. The molecule has 2 aromatic carbocycles. The van der Waals surface area contributed by atoms with Gasteiger partial charge < -0.3 is 4.90 Å². The molecule has 3 rings (SSSR count). The van der Waals surface area contributed by atoms with Crippen LogP contribution in [0.2, 0.25) is 0 Å². The third-order valence-electron chi connectivity index (χ3n) is 4.81. The molecule has 1 aliphatic rings. The largest absolute Gasteiger partial charge is 0.341 e. The Hall–Kier alpha value is -2.71. The van der Waals surface area contributed by atoms with Crippen molar-refractivity contribution in [1.82, 2.24) is 0 Å². The molecule has 2 atom stereocenters. The lowest BCUT2D eigenvalue weighted by Crippen LogP contribution is -2.45. The van der Waals surface area contributed by atoms with E-state index in [1.54, 1.807) is 0 Å². The Labute approximate surface area is 143 Å². The highest BCUT2D eigenvalue weighted by Crippen LogP contribution is 2.46. The number of hydrogen-bond acceptors (Lipinski definition) is 2. The van der Waals surface area contributed by atoms with Crippen LogP contribution < -0.4 is 4.90 Å². The van der Waals surface area contributed by atoms with Gasteiger partial charge in [-0.3, -0.25) is 0 Å². The van der Waals surface area contributed by atoms with Crippen LogP contribution in [0.4, 0.5) is 11.4 Å². The molecular formula is C20H22N4. The fourth-order valence-corrected chi connectivity index (χ4v) is 3.54. The molecular weight excluding hydrogens is 296 g/mol. The van der Waals surface area contributed by atoms with Crippen molar-refractivity contribution in [2.45, 2.75) is 32.2 Å². The third-order valence-corrected chi connectivity index (χ3v) is 4.81. The fraction of sp³-hybridized carbons (Fsp3) is 0.300. The first-order chi connectivity index (χ1) is 11.5. The van der Waals surface area contributed by atoms with Gasteiger partial charge in [-0.1, -0.05) is 53.5 Å². The third kappa shape index (κ3) is 2.66. The summed E-state index contributed by atoms with van der Waals surface area (Å²) in [6.45, 7) is 10.8. The van der Waals surface area contributed by atoms with E-state index in [4.69, 9.17) is 5.53 Å². The van der Waals surface area contributed by atoms with Crippen LogP contribution in [0.5, 0.6) is 0 Å². The minimum Gasteiger partial charge on any atom is -0.341 e. The van der Waals surface area contributed by atoms with Gasteiger partial charge in [0.2, 0.25) is 0 Å². The number of hydrogen-bond donors (Lipinski definition) is 0. The van der Waals surface area contributed by atoms with Gasteiger partial charge in [0.1, 0.15) is 0 Å². The summed E-state index contributed by atoms with van der Waals surface area (Å²) in [4.78, 5) is 5.36. The molecule has 0 radical (unpaired) electrons. The van der Waals surface area contributed by atoms with Crippen molar-refractivity contribution in [3.05, 3.63) is 82.3 Å². The topological polar surface area (TPSA) is 52.0 Å². The summed E-state index contributed by atoms with van der Waals surface area (Å²) in [5, 5.41) is 4.16. The second kappa shape index (κ2) is 6.06. The van der Waals surface area contributed by atoms with Gasteiger partial charge in [-0.2, -0.15) is 0 Å². The number of nitrogens with zero attached hydrogens (tertiary/aromatic N) is 4. The lowest BCUT2D eigenvalue weighted by molar-refractivity contribution is 0.414. The zero-order chi connectivity index (χ0) is 17.3. The number of aryl methyl sites for hydroxylation is 2. The molecule has 122 valence electrons. The molecule has 0 saturated carbocycles. The summed E-state index contributed by atoms with van der Waals surface area (Å²) >= 11 is 0. The van der Waals surface area contributed by atoms with Crippen molar-refractivity contribution < 1.29 is 0 Å². The molecule has 24 heavy (non-hydrogen) atoms. The molecule has 4 heteroatoms. The molecule has 1 unspecified atom stereocenters. The molecule has 0 bridgehead atoms. The Morgan fingerprint density at radius 2 is 1.88 bits per heavy atom. The summed E-state index contributed by atoms with van der Waals surface area (Å²) in [7, 11) is 0. The average Bonchev–Trinajstić information content (AvgIpc) is 2.55. The van der Waals surface area contributed by atoms with Gasteiger partial charge in [0.25, 0.3) is 0 Å². The van der Waals surface area contributed by atoms with Gasteiger partial charge in [0.15, 0.2) is 0 Å². The number of anilines is 2. The van der Waals surface area contributed by atoms with Gasteiger partial charge in [0, 0.05) is 28.7 Å². The predicted molar refractivity (Wildman–Crippen MR) is 99.9 cm³/mol. The van der Waals surface area contributed by atoms with E-state index in [-0.39, 0.29) is 5.92 Å². The highest BCUT2D eigenvalue weighted by molar-refractivity contribution is 5.71. The van der Waals surface area contributed by atoms with E-state index in [0.717, 1.165) is 16.9 Å². The van der Waals surface area contributed by atoms with E-state index in [2.05, 4.69) is 77.8 Å². The molecule has 0 aliphatic carbocycles. The Balaban J connectivity index is 2.22. The lowest BCUT2D eigenvalue weighted by atomic mass is 9.76. The maximum absolute atomic E-state index is 9.10. The summed E-state index contributed by atoms with van der Waals surface area (Å²) in [6.07, 6.45) is 1.90. The number of rotatable bonds is 3. The van der Waals surface area contributed by atoms with Gasteiger partial charge in [-0.25, -0.2) is 0 Å². The summed E-state index contributed by atoms with van der Waals surface area (Å²) < 4.78 is 0. The first-order valence-corrected chi connectivity index (χ1v) is 8.12. The molecule has 0 saturated heterocycles. The van der Waals surface area contributed by atoms with Crippen LogP contribution in [0.15, 0.2) is 60.2 Å². The lowest BCUT2D eigenvalue weighted by Gasteiger charge is -2.44. The second-order valence-corrected chi connectivity index (χ2v) is 6.74. The highest BCUT2D eigenvalue weighted by atomic mass is 15.2. The minimum absolute atomic E-state index is 0.00926. The first kappa shape index (κ1) is 16.2. The molecule has 1 aliphatic heterocycles. The predicted octanol–water partition coefficient (Wildman–Crippen LogP) is 5.79. The van der Waals surface area contributed by atoms with Crippen LogP contribution in [0.3, 0.4) is 0 Å². The van der Waals surface area contributed by atoms with E-state index in [0.29, 0.717) is 6.54 Å². The monoisotopic (exact) mass is 318 g/mol. The minimum atomic E-state index is -0.581. The maximum Gasteiger partial charge on any atom is 0.0742 e. The second-order valence-electron chi connectivity index (χ2n) is 6.74. The number of azide groups is 1. The fourth-order valence-electron chi connectivity index (χ4n) is 3.54. The standard InChI is InChI=1S/C20H22N4/c1-5-18-17-12-15(3)8-11-19(17)24(13-20(18,4)22-23-21)16-9-6-14(2)7-10-16/h5-12,18H,1,13H2,2-4H3/t18-,20?/m0/s1. The van der Waals surface area contributed by atoms with Crippen molar-refractivity contribution in [2.24, 2.45) is 5.11 Å². The van der Waals surface area contributed by atoms with Crippen molar-refractivity contribution >= 4 is 11.4 Å². The molecule has 4 nitrogen and oxygen atoms in total. The Kier molecular flexibility index (Phi) is 4.08. The van der Waals surface area contributed by atoms with Gasteiger partial charge in [-0.05, 0) is 43.1 Å². The molecule has 0 spiro atoms. The van der Waals surface area contributed by atoms with Crippen LogP contribution in [-0.2, 0) is 0 Å². The van der Waals surface area contributed by atoms with E-state index >= 15 is 0 Å². The van der Waals surface area contributed by atoms with Gasteiger partial charge >= 0.3 is 0 Å². The van der Waals surface area contributed by atoms with Gasteiger partial charge in [0.05, 0.1) is 5.54 Å². The van der Waals surface area contributed by atoms with Crippen molar-refractivity contribution in [3.8, 4) is 0 Å². The normalized spacial score (nSPS) is 22.5. The van der Waals surface area contributed by atoms with Crippen LogP contribution in [0.1, 0.15) is 29.5 Å². The smallest absolute Gasteiger partial charge is 0.0742 e. The van der Waals surface area contributed by atoms with Crippen molar-refractivity contribution in [3.63, 3.8) is 0 Å². The zero-order valence-electron chi connectivity index (χ0n) is 14.4. The van der Waals surface area contributed by atoms with Crippen LogP contribution in [-0.4, -0.2) is 12.1 Å². The van der Waals surface area contributed by atoms with Crippen molar-refractivity contribution in [2.75, 3.05) is 11.4 Å². The van der Waals surface area contributed by atoms with E-state index in [1.165, 1.54) is 11.1 Å². The first-order valence-electron chi connectivity index (χ1n) is 8.12. The van der Waals surface area contributed by atoms with Gasteiger partial charge in [-0.15, -0.1) is 6.58 Å². The number of fused-ring (bicyclic) bond motifs is 1. The SMILES string of the molecule is C=C[C@H]1c2cc(C)ccc2N(c2ccc(C)cc2)CC1(C)N=[N+]=[N-]. The average molecular weight is 318 g/mol. The molecule has 0 fully saturated rings. The molecule has 1 heterocycles. The maximum atomic E-state index is 9.10. The van der Waals surface area contributed by atoms with Crippen molar-refractivity contribution in [1.29, 1.82) is 0 Å². The van der Waals surface area contributed by atoms with E-state index < -0.39 is 5.54 Å². The number of benzene rings is 2. The Morgan fingerprint density at radius 3 is 2.50 bits per heavy atom. The quantitative estimate of drug-likeness (QED) is 0.305. The van der Waals surface area contributed by atoms with Crippen LogP contribution in [0.25, 0.3) is 10.4 Å². The Bertz CT molecular complexity index is 818. The highest BCUT2D eigenvalue weighted by Gasteiger charge is 2.41.